The van der Waals surface area contributed by atoms with E-state index in [1.54, 1.807) is 7.11 Å². The minimum atomic E-state index is -0.0369. The summed E-state index contributed by atoms with van der Waals surface area (Å²) in [5, 5.41) is 4.82. The summed E-state index contributed by atoms with van der Waals surface area (Å²) in [5.41, 5.74) is 5.34. The molecule has 2 heterocycles. The van der Waals surface area contributed by atoms with Gasteiger partial charge < -0.3 is 9.64 Å². The molecule has 0 radical (unpaired) electrons. The molecule has 0 N–H and O–H groups in total. The lowest BCUT2D eigenvalue weighted by molar-refractivity contribution is 0.0990. The molecule has 0 saturated heterocycles. The summed E-state index contributed by atoms with van der Waals surface area (Å²) in [6, 6.07) is 25.9. The predicted molar refractivity (Wildman–Crippen MR) is 122 cm³/mol. The fourth-order valence-electron chi connectivity index (χ4n) is 4.16. The van der Waals surface area contributed by atoms with E-state index in [-0.39, 0.29) is 5.91 Å². The number of methoxy groups -OCH3 is 1. The Morgan fingerprint density at radius 3 is 2.55 bits per heavy atom. The Bertz CT molecular complexity index is 1230. The van der Waals surface area contributed by atoms with Crippen molar-refractivity contribution in [1.29, 1.82) is 0 Å². The molecule has 5 nitrogen and oxygen atoms in total. The van der Waals surface area contributed by atoms with Crippen molar-refractivity contribution < 1.29 is 9.53 Å². The second kappa shape index (κ2) is 8.11. The Kier molecular flexibility index (Phi) is 5.00. The first kappa shape index (κ1) is 19.1. The van der Waals surface area contributed by atoms with Crippen LogP contribution in [0.4, 0.5) is 5.69 Å². The van der Waals surface area contributed by atoms with E-state index in [0.29, 0.717) is 30.1 Å². The Balaban J connectivity index is 1.59. The van der Waals surface area contributed by atoms with Gasteiger partial charge in [-0.1, -0.05) is 60.7 Å². The van der Waals surface area contributed by atoms with Gasteiger partial charge in [-0.05, 0) is 35.7 Å². The van der Waals surface area contributed by atoms with Crippen LogP contribution >= 0.6 is 0 Å². The first-order valence-electron chi connectivity index (χ1n) is 10.4. The molecule has 5 rings (SSSR count). The van der Waals surface area contributed by atoms with E-state index in [1.165, 1.54) is 5.56 Å². The van der Waals surface area contributed by atoms with Gasteiger partial charge in [0.15, 0.2) is 0 Å². The molecule has 31 heavy (non-hydrogen) atoms. The van der Waals surface area contributed by atoms with Crippen molar-refractivity contribution in [3.05, 3.63) is 102 Å². The molecule has 5 heteroatoms. The largest absolute Gasteiger partial charge is 0.496 e. The summed E-state index contributed by atoms with van der Waals surface area (Å²) in [4.78, 5) is 15.6. The Labute approximate surface area is 181 Å². The van der Waals surface area contributed by atoms with Gasteiger partial charge in [0.1, 0.15) is 11.4 Å². The first-order valence-corrected chi connectivity index (χ1v) is 10.4. The summed E-state index contributed by atoms with van der Waals surface area (Å²) in [6.07, 6.45) is 2.72. The normalized spacial score (nSPS) is 12.6. The van der Waals surface area contributed by atoms with Crippen molar-refractivity contribution in [2.75, 3.05) is 18.6 Å². The van der Waals surface area contributed by atoms with Gasteiger partial charge in [-0.2, -0.15) is 5.10 Å². The third kappa shape index (κ3) is 3.59. The first-order chi connectivity index (χ1) is 15.2. The summed E-state index contributed by atoms with van der Waals surface area (Å²) in [5.74, 6) is 0.661. The van der Waals surface area contributed by atoms with Crippen LogP contribution in [0.25, 0.3) is 11.3 Å². The topological polar surface area (TPSA) is 47.4 Å². The zero-order valence-electron chi connectivity index (χ0n) is 17.4. The molecular weight excluding hydrogens is 386 g/mol. The maximum atomic E-state index is 13.7. The molecular formula is C26H23N3O2. The standard InChI is InChI=1S/C26H23N3O2/c1-31-24-14-8-6-12-21(24)25-22(18-28(27-25)17-19-9-3-2-4-10-19)26(30)29-16-15-20-11-5-7-13-23(20)29/h2-14,18H,15-17H2,1H3. The average Bonchev–Trinajstić information content (AvgIpc) is 3.44. The number of anilines is 1. The number of aromatic nitrogens is 2. The van der Waals surface area contributed by atoms with E-state index in [4.69, 9.17) is 9.84 Å². The highest BCUT2D eigenvalue weighted by Gasteiger charge is 2.29. The number of carbonyl (C=O) groups excluding carboxylic acids is 1. The second-order valence-electron chi connectivity index (χ2n) is 7.61. The van der Waals surface area contributed by atoms with Crippen LogP contribution in [-0.4, -0.2) is 29.3 Å². The molecule has 154 valence electrons. The Hall–Kier alpha value is -3.86. The number of carbonyl (C=O) groups is 1. The molecule has 4 aromatic rings. The number of fused-ring (bicyclic) bond motifs is 1. The van der Waals surface area contributed by atoms with Crippen LogP contribution in [0, 0.1) is 0 Å². The van der Waals surface area contributed by atoms with Crippen molar-refractivity contribution in [2.45, 2.75) is 13.0 Å². The van der Waals surface area contributed by atoms with E-state index < -0.39 is 0 Å². The van der Waals surface area contributed by atoms with Crippen molar-refractivity contribution >= 4 is 11.6 Å². The molecule has 1 aromatic heterocycles. The summed E-state index contributed by atoms with van der Waals surface area (Å²) < 4.78 is 7.41. The molecule has 3 aromatic carbocycles. The molecule has 0 fully saturated rings. The second-order valence-corrected chi connectivity index (χ2v) is 7.61. The number of amides is 1. The minimum Gasteiger partial charge on any atom is -0.496 e. The van der Waals surface area contributed by atoms with E-state index in [2.05, 4.69) is 18.2 Å². The molecule has 0 aliphatic carbocycles. The smallest absolute Gasteiger partial charge is 0.262 e. The number of benzene rings is 3. The van der Waals surface area contributed by atoms with Crippen molar-refractivity contribution in [3.8, 4) is 17.0 Å². The molecule has 0 spiro atoms. The maximum absolute atomic E-state index is 13.7. The van der Waals surface area contributed by atoms with Crippen LogP contribution < -0.4 is 9.64 Å². The van der Waals surface area contributed by atoms with Crippen molar-refractivity contribution in [3.63, 3.8) is 0 Å². The van der Waals surface area contributed by atoms with Crippen LogP contribution in [0.5, 0.6) is 5.75 Å². The van der Waals surface area contributed by atoms with E-state index in [1.807, 2.05) is 76.4 Å². The van der Waals surface area contributed by atoms with Gasteiger partial charge in [0.2, 0.25) is 0 Å². The zero-order chi connectivity index (χ0) is 21.2. The van der Waals surface area contributed by atoms with Gasteiger partial charge in [-0.15, -0.1) is 0 Å². The van der Waals surface area contributed by atoms with E-state index in [0.717, 1.165) is 23.2 Å². The molecule has 1 aliphatic rings. The minimum absolute atomic E-state index is 0.0369. The molecule has 1 amide bonds. The Morgan fingerprint density at radius 1 is 0.968 bits per heavy atom. The quantitative estimate of drug-likeness (QED) is 0.475. The number of hydrogen-bond acceptors (Lipinski definition) is 3. The number of para-hydroxylation sites is 2. The highest BCUT2D eigenvalue weighted by atomic mass is 16.5. The van der Waals surface area contributed by atoms with Crippen LogP contribution in [0.1, 0.15) is 21.5 Å². The predicted octanol–water partition coefficient (Wildman–Crippen LogP) is 4.81. The van der Waals surface area contributed by atoms with Crippen LogP contribution in [0.15, 0.2) is 85.1 Å². The van der Waals surface area contributed by atoms with Crippen LogP contribution in [0.2, 0.25) is 0 Å². The summed E-state index contributed by atoms with van der Waals surface area (Å²) >= 11 is 0. The fraction of sp³-hybridized carbons (Fsp3) is 0.154. The van der Waals surface area contributed by atoms with Gasteiger partial charge in [0.05, 0.1) is 19.2 Å². The zero-order valence-corrected chi connectivity index (χ0v) is 17.4. The number of ether oxygens (including phenoxy) is 1. The summed E-state index contributed by atoms with van der Waals surface area (Å²) in [6.45, 7) is 1.26. The van der Waals surface area contributed by atoms with Gasteiger partial charge in [0, 0.05) is 24.0 Å². The van der Waals surface area contributed by atoms with Crippen molar-refractivity contribution in [1.82, 2.24) is 9.78 Å². The lowest BCUT2D eigenvalue weighted by atomic mass is 10.1. The third-order valence-corrected chi connectivity index (χ3v) is 5.67. The number of rotatable bonds is 5. The SMILES string of the molecule is COc1ccccc1-c1nn(Cc2ccccc2)cc1C(=O)N1CCc2ccccc21. The highest BCUT2D eigenvalue weighted by Crippen LogP contribution is 2.34. The molecule has 0 atom stereocenters. The number of hydrogen-bond donors (Lipinski definition) is 0. The molecule has 0 saturated carbocycles. The lowest BCUT2D eigenvalue weighted by Crippen LogP contribution is -2.29. The van der Waals surface area contributed by atoms with Gasteiger partial charge in [-0.3, -0.25) is 9.48 Å². The van der Waals surface area contributed by atoms with E-state index >= 15 is 0 Å². The molecule has 0 bridgehead atoms. The Morgan fingerprint density at radius 2 is 1.71 bits per heavy atom. The fourth-order valence-corrected chi connectivity index (χ4v) is 4.16. The van der Waals surface area contributed by atoms with Gasteiger partial charge >= 0.3 is 0 Å². The van der Waals surface area contributed by atoms with Crippen LogP contribution in [0.3, 0.4) is 0 Å². The van der Waals surface area contributed by atoms with Gasteiger partial charge in [-0.25, -0.2) is 0 Å². The average molecular weight is 409 g/mol. The highest BCUT2D eigenvalue weighted by molar-refractivity contribution is 6.10. The molecule has 1 aliphatic heterocycles. The molecule has 0 unspecified atom stereocenters. The maximum Gasteiger partial charge on any atom is 0.262 e. The monoisotopic (exact) mass is 409 g/mol. The van der Waals surface area contributed by atoms with Crippen LogP contribution in [-0.2, 0) is 13.0 Å². The summed E-state index contributed by atoms with van der Waals surface area (Å²) in [7, 11) is 1.64. The van der Waals surface area contributed by atoms with E-state index in [9.17, 15) is 4.79 Å². The third-order valence-electron chi connectivity index (χ3n) is 5.67. The lowest BCUT2D eigenvalue weighted by Gasteiger charge is -2.17. The number of nitrogens with zero attached hydrogens (tertiary/aromatic N) is 3. The van der Waals surface area contributed by atoms with Gasteiger partial charge in [0.25, 0.3) is 5.91 Å². The van der Waals surface area contributed by atoms with Crippen molar-refractivity contribution in [2.24, 2.45) is 0 Å².